The van der Waals surface area contributed by atoms with Gasteiger partial charge in [-0.3, -0.25) is 9.69 Å². The molecule has 3 aromatic rings. The van der Waals surface area contributed by atoms with Gasteiger partial charge in [0.05, 0.1) is 18.8 Å². The number of nitrogens with zero attached hydrogens (tertiary/aromatic N) is 5. The summed E-state index contributed by atoms with van der Waals surface area (Å²) in [6.45, 7) is 10.8. The minimum absolute atomic E-state index is 0.113. The van der Waals surface area contributed by atoms with Gasteiger partial charge in [0.15, 0.2) is 5.82 Å². The summed E-state index contributed by atoms with van der Waals surface area (Å²) in [6.07, 6.45) is 0. The second kappa shape index (κ2) is 7.10. The van der Waals surface area contributed by atoms with Gasteiger partial charge >= 0.3 is 0 Å². The lowest BCUT2D eigenvalue weighted by Gasteiger charge is -2.34. The van der Waals surface area contributed by atoms with Crippen molar-refractivity contribution in [3.8, 4) is 0 Å². The van der Waals surface area contributed by atoms with Gasteiger partial charge < -0.3 is 9.72 Å². The van der Waals surface area contributed by atoms with Crippen LogP contribution in [0.5, 0.6) is 0 Å². The van der Waals surface area contributed by atoms with Gasteiger partial charge in [0.2, 0.25) is 0 Å². The standard InChI is InChI=1S/C20H26N6O2/c1-13-5-6-14-12-15(19(27)21-16(14)11-13)17(25-7-9-28-10-8-25)18-22-23-24-26(18)20(2,3)4/h5-6,11-12,17H,7-10H2,1-4H3,(H,21,27)/t17-/m1/s1. The Kier molecular flexibility index (Phi) is 4.76. The molecule has 8 nitrogen and oxygen atoms in total. The third kappa shape index (κ3) is 3.45. The van der Waals surface area contributed by atoms with Crippen LogP contribution in [0, 0.1) is 6.92 Å². The number of rotatable bonds is 3. The van der Waals surface area contributed by atoms with Crippen LogP contribution in [-0.4, -0.2) is 56.4 Å². The van der Waals surface area contributed by atoms with Crippen LogP contribution in [-0.2, 0) is 10.3 Å². The Morgan fingerprint density at radius 3 is 2.64 bits per heavy atom. The maximum absolute atomic E-state index is 13.1. The monoisotopic (exact) mass is 382 g/mol. The molecule has 1 fully saturated rings. The smallest absolute Gasteiger partial charge is 0.253 e. The van der Waals surface area contributed by atoms with Crippen molar-refractivity contribution in [2.24, 2.45) is 0 Å². The Hall–Kier alpha value is -2.58. The van der Waals surface area contributed by atoms with Gasteiger partial charge in [0, 0.05) is 24.2 Å². The fourth-order valence-corrected chi connectivity index (χ4v) is 3.71. The van der Waals surface area contributed by atoms with Crippen LogP contribution in [0.2, 0.25) is 0 Å². The van der Waals surface area contributed by atoms with E-state index in [0.29, 0.717) is 37.7 Å². The third-order valence-electron chi connectivity index (χ3n) is 5.11. The van der Waals surface area contributed by atoms with Crippen LogP contribution in [0.15, 0.2) is 29.1 Å². The highest BCUT2D eigenvalue weighted by molar-refractivity contribution is 5.79. The molecule has 0 radical (unpaired) electrons. The van der Waals surface area contributed by atoms with Crippen molar-refractivity contribution in [3.05, 3.63) is 51.6 Å². The fourth-order valence-electron chi connectivity index (χ4n) is 3.71. The van der Waals surface area contributed by atoms with E-state index in [9.17, 15) is 4.79 Å². The van der Waals surface area contributed by atoms with Gasteiger partial charge in [-0.05, 0) is 61.2 Å². The molecule has 1 atom stereocenters. The summed E-state index contributed by atoms with van der Waals surface area (Å²) in [5.41, 5.74) is 2.18. The Bertz CT molecular complexity index is 1040. The Morgan fingerprint density at radius 2 is 1.93 bits per heavy atom. The maximum Gasteiger partial charge on any atom is 0.253 e. The minimum atomic E-state index is -0.340. The molecule has 0 spiro atoms. The van der Waals surface area contributed by atoms with Crippen LogP contribution in [0.1, 0.15) is 43.8 Å². The highest BCUT2D eigenvalue weighted by Gasteiger charge is 2.34. The van der Waals surface area contributed by atoms with E-state index < -0.39 is 0 Å². The number of aromatic nitrogens is 5. The molecule has 3 heterocycles. The van der Waals surface area contributed by atoms with Crippen LogP contribution in [0.4, 0.5) is 0 Å². The molecule has 8 heteroatoms. The summed E-state index contributed by atoms with van der Waals surface area (Å²) in [5, 5.41) is 13.5. The SMILES string of the molecule is Cc1ccc2cc([C@H](c3nnnn3C(C)(C)C)N3CCOCC3)c(=O)[nH]c2c1. The molecule has 0 saturated carbocycles. The van der Waals surface area contributed by atoms with Gasteiger partial charge in [-0.2, -0.15) is 0 Å². The molecule has 0 bridgehead atoms. The average Bonchev–Trinajstić information content (AvgIpc) is 3.13. The van der Waals surface area contributed by atoms with Crippen molar-refractivity contribution < 1.29 is 4.74 Å². The number of aromatic amines is 1. The summed E-state index contributed by atoms with van der Waals surface area (Å²) in [6, 6.07) is 7.70. The summed E-state index contributed by atoms with van der Waals surface area (Å²) >= 11 is 0. The zero-order chi connectivity index (χ0) is 19.9. The first-order chi connectivity index (χ1) is 13.3. The number of ether oxygens (including phenoxy) is 1. The normalized spacial score (nSPS) is 17.1. The number of fused-ring (bicyclic) bond motifs is 1. The third-order valence-corrected chi connectivity index (χ3v) is 5.11. The van der Waals surface area contributed by atoms with Gasteiger partial charge in [-0.25, -0.2) is 4.68 Å². The van der Waals surface area contributed by atoms with E-state index in [2.05, 4.69) is 46.2 Å². The number of H-pyrrole nitrogens is 1. The number of hydrogen-bond acceptors (Lipinski definition) is 6. The maximum atomic E-state index is 13.1. The summed E-state index contributed by atoms with van der Waals surface area (Å²) in [4.78, 5) is 18.4. The molecule has 1 aliphatic heterocycles. The highest BCUT2D eigenvalue weighted by Crippen LogP contribution is 2.29. The lowest BCUT2D eigenvalue weighted by molar-refractivity contribution is 0.0206. The molecule has 4 rings (SSSR count). The first kappa shape index (κ1) is 18.8. The summed E-state index contributed by atoms with van der Waals surface area (Å²) in [7, 11) is 0. The number of pyridine rings is 1. The van der Waals surface area contributed by atoms with E-state index in [4.69, 9.17) is 4.74 Å². The van der Waals surface area contributed by atoms with Crippen molar-refractivity contribution in [1.82, 2.24) is 30.1 Å². The van der Waals surface area contributed by atoms with Crippen molar-refractivity contribution in [2.75, 3.05) is 26.3 Å². The molecule has 1 N–H and O–H groups in total. The van der Waals surface area contributed by atoms with Gasteiger partial charge in [-0.15, -0.1) is 5.10 Å². The van der Waals surface area contributed by atoms with Crippen molar-refractivity contribution >= 4 is 10.9 Å². The van der Waals surface area contributed by atoms with Crippen LogP contribution < -0.4 is 5.56 Å². The second-order valence-electron chi connectivity index (χ2n) is 8.32. The number of nitrogens with one attached hydrogen (secondary N) is 1. The molecule has 1 aromatic carbocycles. The molecule has 148 valence electrons. The molecule has 1 aliphatic rings. The molecule has 2 aromatic heterocycles. The molecule has 0 amide bonds. The number of hydrogen-bond donors (Lipinski definition) is 1. The van der Waals surface area contributed by atoms with Gasteiger partial charge in [0.25, 0.3) is 5.56 Å². The van der Waals surface area contributed by atoms with Gasteiger partial charge in [-0.1, -0.05) is 12.1 Å². The molecule has 28 heavy (non-hydrogen) atoms. The predicted octanol–water partition coefficient (Wildman–Crippen LogP) is 2.00. The van der Waals surface area contributed by atoms with Crippen molar-refractivity contribution in [3.63, 3.8) is 0 Å². The molecule has 1 saturated heterocycles. The Balaban J connectivity index is 1.90. The highest BCUT2D eigenvalue weighted by atomic mass is 16.5. The van der Waals surface area contributed by atoms with Crippen molar-refractivity contribution in [2.45, 2.75) is 39.3 Å². The fraction of sp³-hybridized carbons (Fsp3) is 0.500. The lowest BCUT2D eigenvalue weighted by atomic mass is 10.0. The average molecular weight is 382 g/mol. The molecular weight excluding hydrogens is 356 g/mol. The first-order valence-electron chi connectivity index (χ1n) is 9.59. The summed E-state index contributed by atoms with van der Waals surface area (Å²) in [5.74, 6) is 0.673. The number of benzene rings is 1. The molecule has 0 unspecified atom stereocenters. The lowest BCUT2D eigenvalue weighted by Crippen LogP contribution is -2.43. The number of tetrazole rings is 1. The number of aryl methyl sites for hydroxylation is 1. The Morgan fingerprint density at radius 1 is 1.18 bits per heavy atom. The summed E-state index contributed by atoms with van der Waals surface area (Å²) < 4.78 is 7.34. The van der Waals surface area contributed by atoms with E-state index in [0.717, 1.165) is 16.5 Å². The van der Waals surface area contributed by atoms with E-state index in [1.807, 2.05) is 35.9 Å². The van der Waals surface area contributed by atoms with Crippen molar-refractivity contribution in [1.29, 1.82) is 0 Å². The van der Waals surface area contributed by atoms with E-state index in [1.165, 1.54) is 0 Å². The topological polar surface area (TPSA) is 88.9 Å². The first-order valence-corrected chi connectivity index (χ1v) is 9.59. The Labute approximate surface area is 163 Å². The zero-order valence-corrected chi connectivity index (χ0v) is 16.8. The second-order valence-corrected chi connectivity index (χ2v) is 8.32. The largest absolute Gasteiger partial charge is 0.379 e. The number of morpholine rings is 1. The minimum Gasteiger partial charge on any atom is -0.379 e. The zero-order valence-electron chi connectivity index (χ0n) is 16.8. The van der Waals surface area contributed by atoms with Crippen LogP contribution in [0.3, 0.4) is 0 Å². The van der Waals surface area contributed by atoms with E-state index in [-0.39, 0.29) is 17.1 Å². The van der Waals surface area contributed by atoms with E-state index in [1.54, 1.807) is 0 Å². The molecular formula is C20H26N6O2. The van der Waals surface area contributed by atoms with Crippen LogP contribution >= 0.6 is 0 Å². The predicted molar refractivity (Wildman–Crippen MR) is 106 cm³/mol. The van der Waals surface area contributed by atoms with Gasteiger partial charge in [0.1, 0.15) is 6.04 Å². The van der Waals surface area contributed by atoms with Crippen LogP contribution in [0.25, 0.3) is 10.9 Å². The van der Waals surface area contributed by atoms with E-state index >= 15 is 0 Å². The quantitative estimate of drug-likeness (QED) is 0.745. The molecule has 0 aliphatic carbocycles.